The van der Waals surface area contributed by atoms with Gasteiger partial charge in [0, 0.05) is 23.9 Å². The van der Waals surface area contributed by atoms with Gasteiger partial charge in [-0.15, -0.1) is 11.8 Å². The molecule has 0 spiro atoms. The van der Waals surface area contributed by atoms with Gasteiger partial charge < -0.3 is 15.1 Å². The normalized spacial score (nSPS) is 18.1. The van der Waals surface area contributed by atoms with Crippen LogP contribution in [-0.2, 0) is 9.59 Å². The van der Waals surface area contributed by atoms with Gasteiger partial charge in [0.25, 0.3) is 0 Å². The molecule has 2 N–H and O–H groups in total. The molecule has 0 radical (unpaired) electrons. The van der Waals surface area contributed by atoms with Gasteiger partial charge in [-0.2, -0.15) is 0 Å². The minimum absolute atomic E-state index is 0.106. The molecule has 1 saturated heterocycles. The standard InChI is InChI=1S/C24H35NO4S/c1-2-3-4-5-11-22(26)19-13-15-21(16-14-19)25-20(10-8-12-23(25)27)9-6-7-17-30-18-24(28)29/h6-7,13-16,20,22,26H,2-5,8-12,17-18H2,1H3,(H,28,29)/b7-6+. The lowest BCUT2D eigenvalue weighted by Crippen LogP contribution is -2.43. The number of carboxylic acid groups (broad SMARTS) is 1. The number of hydrogen-bond acceptors (Lipinski definition) is 4. The highest BCUT2D eigenvalue weighted by molar-refractivity contribution is 8.00. The number of thioether (sulfide) groups is 1. The summed E-state index contributed by atoms with van der Waals surface area (Å²) >= 11 is 1.37. The summed E-state index contributed by atoms with van der Waals surface area (Å²) in [7, 11) is 0. The highest BCUT2D eigenvalue weighted by Crippen LogP contribution is 2.30. The van der Waals surface area contributed by atoms with Crippen molar-refractivity contribution in [2.75, 3.05) is 16.4 Å². The van der Waals surface area contributed by atoms with Gasteiger partial charge in [-0.25, -0.2) is 0 Å². The first-order valence-electron chi connectivity index (χ1n) is 11.1. The fourth-order valence-corrected chi connectivity index (χ4v) is 4.41. The molecule has 166 valence electrons. The summed E-state index contributed by atoms with van der Waals surface area (Å²) in [6, 6.07) is 7.91. The first-order chi connectivity index (χ1) is 14.5. The highest BCUT2D eigenvalue weighted by Gasteiger charge is 2.28. The van der Waals surface area contributed by atoms with Gasteiger partial charge in [0.05, 0.1) is 11.9 Å². The summed E-state index contributed by atoms with van der Waals surface area (Å²) in [6.45, 7) is 2.18. The summed E-state index contributed by atoms with van der Waals surface area (Å²) in [5.41, 5.74) is 1.80. The fraction of sp³-hybridized carbons (Fsp3) is 0.583. The number of carbonyl (C=O) groups excluding carboxylic acids is 1. The first kappa shape index (κ1) is 24.5. The molecule has 1 amide bonds. The lowest BCUT2D eigenvalue weighted by Gasteiger charge is -2.35. The molecular formula is C24H35NO4S. The number of aliphatic hydroxyl groups excluding tert-OH is 1. The van der Waals surface area contributed by atoms with Crippen molar-refractivity contribution < 1.29 is 19.8 Å². The van der Waals surface area contributed by atoms with Crippen LogP contribution >= 0.6 is 11.8 Å². The van der Waals surface area contributed by atoms with Crippen LogP contribution in [-0.4, -0.2) is 39.6 Å². The number of amides is 1. The van der Waals surface area contributed by atoms with Crippen molar-refractivity contribution in [2.24, 2.45) is 0 Å². The van der Waals surface area contributed by atoms with Crippen LogP contribution in [0.25, 0.3) is 0 Å². The molecule has 1 aromatic carbocycles. The lowest BCUT2D eigenvalue weighted by molar-refractivity contribution is -0.133. The number of unbranched alkanes of at least 4 members (excludes halogenated alkanes) is 3. The van der Waals surface area contributed by atoms with Crippen molar-refractivity contribution >= 4 is 29.3 Å². The summed E-state index contributed by atoms with van der Waals surface area (Å²) < 4.78 is 0. The van der Waals surface area contributed by atoms with Crippen molar-refractivity contribution in [1.29, 1.82) is 0 Å². The molecule has 1 aliphatic heterocycles. The van der Waals surface area contributed by atoms with E-state index in [2.05, 4.69) is 13.0 Å². The maximum atomic E-state index is 12.6. The number of aliphatic carboxylic acids is 1. The van der Waals surface area contributed by atoms with Gasteiger partial charge in [0.2, 0.25) is 5.91 Å². The number of carboxylic acids is 1. The van der Waals surface area contributed by atoms with Gasteiger partial charge in [-0.05, 0) is 43.4 Å². The molecule has 0 aromatic heterocycles. The highest BCUT2D eigenvalue weighted by atomic mass is 32.2. The molecule has 0 saturated carbocycles. The van der Waals surface area contributed by atoms with Crippen molar-refractivity contribution in [1.82, 2.24) is 0 Å². The fourth-order valence-electron chi connectivity index (χ4n) is 3.84. The van der Waals surface area contributed by atoms with Gasteiger partial charge in [0.1, 0.15) is 0 Å². The molecule has 1 heterocycles. The molecule has 1 aromatic rings. The molecule has 6 heteroatoms. The van der Waals surface area contributed by atoms with E-state index in [1.54, 1.807) is 0 Å². The van der Waals surface area contributed by atoms with Gasteiger partial charge in [-0.3, -0.25) is 9.59 Å². The molecule has 2 unspecified atom stereocenters. The minimum atomic E-state index is -0.799. The van der Waals surface area contributed by atoms with E-state index in [9.17, 15) is 14.7 Å². The quantitative estimate of drug-likeness (QED) is 0.324. The van der Waals surface area contributed by atoms with Crippen LogP contribution in [0.3, 0.4) is 0 Å². The minimum Gasteiger partial charge on any atom is -0.481 e. The molecular weight excluding hydrogens is 398 g/mol. The van der Waals surface area contributed by atoms with Gasteiger partial charge in [0.15, 0.2) is 0 Å². The number of nitrogens with zero attached hydrogens (tertiary/aromatic N) is 1. The van der Waals surface area contributed by atoms with Crippen LogP contribution in [0.2, 0.25) is 0 Å². The van der Waals surface area contributed by atoms with E-state index in [1.807, 2.05) is 35.2 Å². The number of anilines is 1. The maximum Gasteiger partial charge on any atom is 0.313 e. The molecule has 0 aliphatic carbocycles. The number of carbonyl (C=O) groups is 2. The predicted octanol–water partition coefficient (Wildman–Crippen LogP) is 5.34. The van der Waals surface area contributed by atoms with Gasteiger partial charge in [-0.1, -0.05) is 56.9 Å². The molecule has 0 bridgehead atoms. The summed E-state index contributed by atoms with van der Waals surface area (Å²) in [5.74, 6) is 0.118. The number of benzene rings is 1. The third-order valence-electron chi connectivity index (χ3n) is 5.46. The number of hydrogen-bond donors (Lipinski definition) is 2. The van der Waals surface area contributed by atoms with Crippen LogP contribution in [0.1, 0.15) is 76.4 Å². The third kappa shape index (κ3) is 8.15. The van der Waals surface area contributed by atoms with E-state index in [4.69, 9.17) is 5.11 Å². The third-order valence-corrected chi connectivity index (χ3v) is 6.34. The van der Waals surface area contributed by atoms with E-state index < -0.39 is 12.1 Å². The Hall–Kier alpha value is -1.79. The Bertz CT molecular complexity index is 689. The largest absolute Gasteiger partial charge is 0.481 e. The molecule has 2 rings (SSSR count). The maximum absolute atomic E-state index is 12.6. The topological polar surface area (TPSA) is 77.8 Å². The summed E-state index contributed by atoms with van der Waals surface area (Å²) in [6.07, 6.45) is 12.1. The predicted molar refractivity (Wildman–Crippen MR) is 124 cm³/mol. The van der Waals surface area contributed by atoms with Crippen LogP contribution in [0.4, 0.5) is 5.69 Å². The molecule has 2 atom stereocenters. The summed E-state index contributed by atoms with van der Waals surface area (Å²) in [5, 5.41) is 19.1. The van der Waals surface area contributed by atoms with E-state index in [-0.39, 0.29) is 17.7 Å². The molecule has 1 fully saturated rings. The second-order valence-electron chi connectivity index (χ2n) is 7.88. The summed E-state index contributed by atoms with van der Waals surface area (Å²) in [4.78, 5) is 25.1. The van der Waals surface area contributed by atoms with Crippen molar-refractivity contribution in [3.8, 4) is 0 Å². The smallest absolute Gasteiger partial charge is 0.313 e. The number of aliphatic hydroxyl groups is 1. The Balaban J connectivity index is 1.93. The number of rotatable bonds is 13. The Morgan fingerprint density at radius 2 is 2.00 bits per heavy atom. The lowest BCUT2D eigenvalue weighted by atomic mass is 9.96. The van der Waals surface area contributed by atoms with E-state index in [1.165, 1.54) is 24.6 Å². The zero-order valence-electron chi connectivity index (χ0n) is 18.0. The molecule has 30 heavy (non-hydrogen) atoms. The Labute approximate surface area is 184 Å². The van der Waals surface area contributed by atoms with Crippen molar-refractivity contribution in [3.63, 3.8) is 0 Å². The van der Waals surface area contributed by atoms with Crippen LogP contribution in [0.5, 0.6) is 0 Å². The SMILES string of the molecule is CCCCCCC(O)c1ccc(N2C(=O)CCCC2C/C=C/CSCC(=O)O)cc1. The second kappa shape index (κ2) is 13.5. The van der Waals surface area contributed by atoms with Gasteiger partial charge >= 0.3 is 5.97 Å². The average molecular weight is 434 g/mol. The second-order valence-corrected chi connectivity index (χ2v) is 8.91. The van der Waals surface area contributed by atoms with Crippen molar-refractivity contribution in [2.45, 2.75) is 76.9 Å². The zero-order chi connectivity index (χ0) is 21.8. The van der Waals surface area contributed by atoms with Crippen LogP contribution < -0.4 is 4.90 Å². The zero-order valence-corrected chi connectivity index (χ0v) is 18.8. The monoisotopic (exact) mass is 433 g/mol. The van der Waals surface area contributed by atoms with Crippen LogP contribution in [0.15, 0.2) is 36.4 Å². The molecule has 1 aliphatic rings. The van der Waals surface area contributed by atoms with E-state index in [0.717, 1.165) is 49.8 Å². The van der Waals surface area contributed by atoms with E-state index >= 15 is 0 Å². The van der Waals surface area contributed by atoms with E-state index in [0.29, 0.717) is 12.2 Å². The average Bonchev–Trinajstić information content (AvgIpc) is 2.73. The Kier molecular flexibility index (Phi) is 11.0. The number of piperidine rings is 1. The van der Waals surface area contributed by atoms with Crippen molar-refractivity contribution in [3.05, 3.63) is 42.0 Å². The molecule has 5 nitrogen and oxygen atoms in total. The van der Waals surface area contributed by atoms with Crippen LogP contribution in [0, 0.1) is 0 Å². The first-order valence-corrected chi connectivity index (χ1v) is 12.2. The Morgan fingerprint density at radius 3 is 2.70 bits per heavy atom. The Morgan fingerprint density at radius 1 is 1.23 bits per heavy atom.